The number of benzene rings is 2. The molecule has 0 bridgehead atoms. The third-order valence-electron chi connectivity index (χ3n) is 4.14. The second-order valence-electron chi connectivity index (χ2n) is 6.53. The van der Waals surface area contributed by atoms with Crippen molar-refractivity contribution in [1.29, 1.82) is 0 Å². The fourth-order valence-corrected chi connectivity index (χ4v) is 4.75. The Morgan fingerprint density at radius 2 is 1.90 bits per heavy atom. The van der Waals surface area contributed by atoms with Crippen molar-refractivity contribution >= 4 is 49.6 Å². The Balaban J connectivity index is 1.46. The van der Waals surface area contributed by atoms with E-state index in [1.54, 1.807) is 36.0 Å². The van der Waals surface area contributed by atoms with Gasteiger partial charge in [-0.15, -0.1) is 10.2 Å². The lowest BCUT2D eigenvalue weighted by atomic mass is 10.2. The van der Waals surface area contributed by atoms with E-state index in [9.17, 15) is 12.8 Å². The molecule has 0 radical (unpaired) electrons. The topological polar surface area (TPSA) is 102 Å². The predicted octanol–water partition coefficient (Wildman–Crippen LogP) is 4.43. The Labute approximate surface area is 186 Å². The van der Waals surface area contributed by atoms with Crippen LogP contribution in [-0.4, -0.2) is 28.4 Å². The van der Waals surface area contributed by atoms with Crippen molar-refractivity contribution in [3.05, 3.63) is 76.1 Å². The van der Waals surface area contributed by atoms with Gasteiger partial charge >= 0.3 is 0 Å². The van der Waals surface area contributed by atoms with E-state index in [2.05, 4.69) is 25.3 Å². The first-order chi connectivity index (χ1) is 14.8. The van der Waals surface area contributed by atoms with Crippen LogP contribution in [-0.2, 0) is 16.6 Å². The first-order valence-corrected chi connectivity index (χ1v) is 11.6. The number of nitrogens with zero attached hydrogens (tertiary/aromatic N) is 4. The molecule has 0 amide bonds. The number of hydrogen-bond donors (Lipinski definition) is 2. The van der Waals surface area contributed by atoms with Crippen LogP contribution in [0.15, 0.2) is 59.6 Å². The van der Waals surface area contributed by atoms with Gasteiger partial charge in [0.25, 0.3) is 10.0 Å². The highest BCUT2D eigenvalue weighted by atomic mass is 35.5. The lowest BCUT2D eigenvalue weighted by Crippen LogP contribution is -2.14. The third-order valence-corrected chi connectivity index (χ3v) is 6.65. The second-order valence-corrected chi connectivity index (χ2v) is 9.80. The maximum atomic E-state index is 14.6. The van der Waals surface area contributed by atoms with E-state index >= 15 is 0 Å². The van der Waals surface area contributed by atoms with Crippen LogP contribution in [0.1, 0.15) is 10.6 Å². The van der Waals surface area contributed by atoms with Gasteiger partial charge in [0.2, 0.25) is 5.13 Å². The summed E-state index contributed by atoms with van der Waals surface area (Å²) in [7, 11) is -4.13. The zero-order valence-corrected chi connectivity index (χ0v) is 18.5. The van der Waals surface area contributed by atoms with E-state index in [0.717, 1.165) is 23.0 Å². The quantitative estimate of drug-likeness (QED) is 0.407. The maximum absolute atomic E-state index is 14.6. The summed E-state index contributed by atoms with van der Waals surface area (Å²) in [5.74, 6) is -0.411. The van der Waals surface area contributed by atoms with Gasteiger partial charge in [0, 0.05) is 23.0 Å². The highest BCUT2D eigenvalue weighted by molar-refractivity contribution is 7.93. The van der Waals surface area contributed by atoms with Crippen molar-refractivity contribution in [2.24, 2.45) is 0 Å². The number of hydrogen-bond acceptors (Lipinski definition) is 7. The number of anilines is 3. The minimum absolute atomic E-state index is 0.0744. The molecule has 0 unspecified atom stereocenters. The first-order valence-electron chi connectivity index (χ1n) is 8.96. The Bertz CT molecular complexity index is 1320. The summed E-state index contributed by atoms with van der Waals surface area (Å²) < 4.78 is 43.4. The van der Waals surface area contributed by atoms with Gasteiger partial charge < -0.3 is 5.32 Å². The number of halogens is 2. The second kappa shape index (κ2) is 8.61. The molecule has 0 aliphatic carbocycles. The molecule has 12 heteroatoms. The zero-order chi connectivity index (χ0) is 22.0. The molecule has 2 aromatic heterocycles. The lowest BCUT2D eigenvalue weighted by Gasteiger charge is -2.08. The molecule has 4 aromatic rings. The minimum Gasteiger partial charge on any atom is -0.339 e. The molecule has 2 heterocycles. The summed E-state index contributed by atoms with van der Waals surface area (Å²) in [5.41, 5.74) is 1.39. The van der Waals surface area contributed by atoms with Crippen molar-refractivity contribution in [3.8, 4) is 0 Å². The van der Waals surface area contributed by atoms with Crippen LogP contribution < -0.4 is 10.0 Å². The van der Waals surface area contributed by atoms with Gasteiger partial charge in [-0.2, -0.15) is 5.10 Å². The molecule has 0 fully saturated rings. The number of rotatable bonds is 7. The summed E-state index contributed by atoms with van der Waals surface area (Å²) in [4.78, 5) is -0.487. The predicted molar refractivity (Wildman–Crippen MR) is 118 cm³/mol. The highest BCUT2D eigenvalue weighted by Gasteiger charge is 2.21. The van der Waals surface area contributed by atoms with Crippen molar-refractivity contribution in [2.75, 3.05) is 10.0 Å². The molecule has 0 saturated carbocycles. The van der Waals surface area contributed by atoms with Gasteiger partial charge in [0.1, 0.15) is 15.7 Å². The molecule has 0 saturated heterocycles. The summed E-state index contributed by atoms with van der Waals surface area (Å²) >= 11 is 6.95. The molecule has 0 aliphatic rings. The van der Waals surface area contributed by atoms with E-state index < -0.39 is 20.7 Å². The van der Waals surface area contributed by atoms with Crippen molar-refractivity contribution in [2.45, 2.75) is 18.4 Å². The maximum Gasteiger partial charge on any atom is 0.266 e. The van der Waals surface area contributed by atoms with Gasteiger partial charge in [-0.3, -0.25) is 9.40 Å². The molecule has 160 valence electrons. The molecule has 4 rings (SSSR count). The van der Waals surface area contributed by atoms with Gasteiger partial charge in [0.05, 0.1) is 6.54 Å². The normalized spacial score (nSPS) is 11.5. The van der Waals surface area contributed by atoms with Crippen molar-refractivity contribution in [1.82, 2.24) is 20.0 Å². The summed E-state index contributed by atoms with van der Waals surface area (Å²) in [5, 5.41) is 16.1. The molecule has 0 atom stereocenters. The molecule has 0 aliphatic heterocycles. The summed E-state index contributed by atoms with van der Waals surface area (Å²) in [6.07, 6.45) is 1.78. The Hall–Kier alpha value is -3.02. The van der Waals surface area contributed by atoms with Crippen LogP contribution >= 0.6 is 22.9 Å². The van der Waals surface area contributed by atoms with E-state index in [0.29, 0.717) is 28.1 Å². The molecule has 8 nitrogen and oxygen atoms in total. The Morgan fingerprint density at radius 3 is 2.58 bits per heavy atom. The van der Waals surface area contributed by atoms with Gasteiger partial charge in [0.15, 0.2) is 5.82 Å². The molecule has 0 spiro atoms. The van der Waals surface area contributed by atoms with Crippen LogP contribution in [0.3, 0.4) is 0 Å². The molecular formula is C19H16ClFN6O2S2. The Kier molecular flexibility index (Phi) is 5.90. The van der Waals surface area contributed by atoms with Crippen molar-refractivity contribution in [3.63, 3.8) is 0 Å². The van der Waals surface area contributed by atoms with E-state index in [4.69, 9.17) is 11.6 Å². The highest BCUT2D eigenvalue weighted by Crippen LogP contribution is 2.24. The van der Waals surface area contributed by atoms with Crippen LogP contribution in [0.25, 0.3) is 0 Å². The monoisotopic (exact) mass is 478 g/mol. The molecule has 2 aromatic carbocycles. The first kappa shape index (κ1) is 21.2. The van der Waals surface area contributed by atoms with E-state index in [-0.39, 0.29) is 5.13 Å². The fourth-order valence-electron chi connectivity index (χ4n) is 2.75. The summed E-state index contributed by atoms with van der Waals surface area (Å²) in [6.45, 7) is 2.23. The van der Waals surface area contributed by atoms with E-state index in [1.807, 2.05) is 12.1 Å². The number of nitrogens with one attached hydrogen (secondary N) is 2. The standard InChI is InChI=1S/C19H16ClFN6O2S2/c1-12-23-24-19(30-12)26-31(28,29)17-7-6-15(10-16(17)21)22-18-8-9-27(25-18)11-13-2-4-14(20)5-3-13/h2-10H,11H2,1H3,(H,22,25)(H,24,26). The van der Waals surface area contributed by atoms with Gasteiger partial charge in [-0.25, -0.2) is 12.8 Å². The molecule has 2 N–H and O–H groups in total. The average molecular weight is 479 g/mol. The molecular weight excluding hydrogens is 463 g/mol. The smallest absolute Gasteiger partial charge is 0.266 e. The average Bonchev–Trinajstić information content (AvgIpc) is 3.31. The van der Waals surface area contributed by atoms with E-state index in [1.165, 1.54) is 12.1 Å². The lowest BCUT2D eigenvalue weighted by molar-refractivity contribution is 0.570. The number of aryl methyl sites for hydroxylation is 1. The number of aromatic nitrogens is 4. The molecule has 31 heavy (non-hydrogen) atoms. The van der Waals surface area contributed by atoms with Crippen molar-refractivity contribution < 1.29 is 12.8 Å². The SMILES string of the molecule is Cc1nnc(NS(=O)(=O)c2ccc(Nc3ccn(Cc4ccc(Cl)cc4)n3)cc2F)s1. The number of sulfonamides is 1. The largest absolute Gasteiger partial charge is 0.339 e. The third kappa shape index (κ3) is 5.19. The zero-order valence-electron chi connectivity index (χ0n) is 16.1. The van der Waals surface area contributed by atoms with Gasteiger partial charge in [-0.05, 0) is 42.8 Å². The fraction of sp³-hybridized carbons (Fsp3) is 0.105. The van der Waals surface area contributed by atoms with Crippen LogP contribution in [0.5, 0.6) is 0 Å². The van der Waals surface area contributed by atoms with Crippen LogP contribution in [0.2, 0.25) is 5.02 Å². The Morgan fingerprint density at radius 1 is 1.13 bits per heavy atom. The van der Waals surface area contributed by atoms with Gasteiger partial charge in [-0.1, -0.05) is 35.1 Å². The summed E-state index contributed by atoms with van der Waals surface area (Å²) in [6, 6.07) is 12.9. The van der Waals surface area contributed by atoms with Crippen LogP contribution in [0, 0.1) is 12.7 Å². The minimum atomic E-state index is -4.13. The van der Waals surface area contributed by atoms with Crippen LogP contribution in [0.4, 0.5) is 21.0 Å².